The molecule has 0 rings (SSSR count). The van der Waals surface area contributed by atoms with E-state index in [1.165, 1.54) is 5.82 Å². The van der Waals surface area contributed by atoms with Crippen LogP contribution in [0.25, 0.3) is 0 Å². The summed E-state index contributed by atoms with van der Waals surface area (Å²) in [6.45, 7) is 7.59. The van der Waals surface area contributed by atoms with Gasteiger partial charge >= 0.3 is 0 Å². The van der Waals surface area contributed by atoms with Crippen molar-refractivity contribution in [1.82, 2.24) is 10.2 Å². The Morgan fingerprint density at radius 1 is 1.55 bits per heavy atom. The van der Waals surface area contributed by atoms with E-state index in [0.29, 0.717) is 5.92 Å². The van der Waals surface area contributed by atoms with Gasteiger partial charge in [-0.2, -0.15) is 0 Å². The lowest BCUT2D eigenvalue weighted by Crippen LogP contribution is -2.29. The summed E-state index contributed by atoms with van der Waals surface area (Å²) in [6, 6.07) is 0. The highest BCUT2D eigenvalue weighted by Crippen LogP contribution is 2.01. The molecule has 0 unspecified atom stereocenters. The van der Waals surface area contributed by atoms with E-state index in [0.717, 1.165) is 6.54 Å². The topological polar surface area (TPSA) is 15.3 Å². The summed E-state index contributed by atoms with van der Waals surface area (Å²) in [5, 5.41) is 3.14. The van der Waals surface area contributed by atoms with Crippen LogP contribution in [0.5, 0.6) is 0 Å². The van der Waals surface area contributed by atoms with Crippen molar-refractivity contribution in [2.45, 2.75) is 20.8 Å². The maximum atomic E-state index is 3.14. The molecule has 0 radical (unpaired) electrons. The van der Waals surface area contributed by atoms with Crippen LogP contribution in [0.15, 0.2) is 11.9 Å². The van der Waals surface area contributed by atoms with Gasteiger partial charge in [-0.1, -0.05) is 13.8 Å². The number of allylic oxidation sites excluding steroid dienone is 1. The van der Waals surface area contributed by atoms with Crippen molar-refractivity contribution < 1.29 is 0 Å². The molecule has 2 nitrogen and oxygen atoms in total. The maximum Gasteiger partial charge on any atom is 0.0963 e. The van der Waals surface area contributed by atoms with Gasteiger partial charge in [0.15, 0.2) is 0 Å². The van der Waals surface area contributed by atoms with Crippen LogP contribution in [0.4, 0.5) is 0 Å². The van der Waals surface area contributed by atoms with E-state index in [9.17, 15) is 0 Å². The van der Waals surface area contributed by atoms with Gasteiger partial charge in [-0.3, -0.25) is 0 Å². The van der Waals surface area contributed by atoms with E-state index >= 15 is 0 Å². The molecule has 0 saturated carbocycles. The molecule has 0 fully saturated rings. The van der Waals surface area contributed by atoms with E-state index in [1.54, 1.807) is 0 Å². The smallest absolute Gasteiger partial charge is 0.0963 e. The average molecular weight is 156 g/mol. The predicted molar refractivity (Wildman–Crippen MR) is 50.3 cm³/mol. The Hall–Kier alpha value is -0.660. The molecule has 0 atom stereocenters. The molecule has 0 saturated heterocycles. The van der Waals surface area contributed by atoms with Crippen LogP contribution in [0, 0.1) is 5.92 Å². The zero-order valence-corrected chi connectivity index (χ0v) is 8.31. The van der Waals surface area contributed by atoms with Crippen molar-refractivity contribution in [3.05, 3.63) is 11.9 Å². The third-order valence-electron chi connectivity index (χ3n) is 1.58. The fourth-order valence-electron chi connectivity index (χ4n) is 1.20. The minimum atomic E-state index is 0.711. The Labute approximate surface area is 70.3 Å². The SMILES string of the molecule is CC=C(NC)N(C)CC(C)C. The first-order chi connectivity index (χ1) is 5.11. The van der Waals surface area contributed by atoms with Crippen molar-refractivity contribution in [3.63, 3.8) is 0 Å². The van der Waals surface area contributed by atoms with Crippen LogP contribution in [0.1, 0.15) is 20.8 Å². The third kappa shape index (κ3) is 3.91. The summed E-state index contributed by atoms with van der Waals surface area (Å²) in [7, 11) is 4.05. The number of nitrogens with zero attached hydrogens (tertiary/aromatic N) is 1. The van der Waals surface area contributed by atoms with Crippen LogP contribution < -0.4 is 5.32 Å². The Bertz CT molecular complexity index is 128. The Balaban J connectivity index is 3.90. The predicted octanol–water partition coefficient (Wildman–Crippen LogP) is 1.65. The summed E-state index contributed by atoms with van der Waals surface area (Å²) in [4.78, 5) is 2.23. The van der Waals surface area contributed by atoms with Gasteiger partial charge in [-0.15, -0.1) is 0 Å². The zero-order valence-electron chi connectivity index (χ0n) is 8.31. The molecule has 0 aliphatic heterocycles. The molecule has 0 aliphatic carbocycles. The van der Waals surface area contributed by atoms with Crippen LogP contribution in [-0.2, 0) is 0 Å². The average Bonchev–Trinajstić information content (AvgIpc) is 1.88. The van der Waals surface area contributed by atoms with Crippen LogP contribution >= 0.6 is 0 Å². The van der Waals surface area contributed by atoms with E-state index in [1.807, 2.05) is 14.0 Å². The number of nitrogens with one attached hydrogen (secondary N) is 1. The highest BCUT2D eigenvalue weighted by Gasteiger charge is 2.02. The summed E-state index contributed by atoms with van der Waals surface area (Å²) >= 11 is 0. The largest absolute Gasteiger partial charge is 0.375 e. The standard InChI is InChI=1S/C9H20N2/c1-6-9(10-4)11(5)7-8(2)3/h6,8,10H,7H2,1-5H3. The highest BCUT2D eigenvalue weighted by atomic mass is 15.2. The highest BCUT2D eigenvalue weighted by molar-refractivity contribution is 4.94. The molecule has 0 aromatic carbocycles. The minimum Gasteiger partial charge on any atom is -0.375 e. The van der Waals surface area contributed by atoms with Crippen molar-refractivity contribution in [2.75, 3.05) is 20.6 Å². The molecule has 1 N–H and O–H groups in total. The first kappa shape index (κ1) is 10.3. The van der Waals surface area contributed by atoms with Crippen molar-refractivity contribution in [2.24, 2.45) is 5.92 Å². The monoisotopic (exact) mass is 156 g/mol. The van der Waals surface area contributed by atoms with Gasteiger partial charge in [0, 0.05) is 20.6 Å². The molecule has 0 amide bonds. The quantitative estimate of drug-likeness (QED) is 0.666. The summed E-state index contributed by atoms with van der Waals surface area (Å²) in [5.74, 6) is 1.90. The van der Waals surface area contributed by atoms with Gasteiger partial charge < -0.3 is 10.2 Å². The minimum absolute atomic E-state index is 0.711. The van der Waals surface area contributed by atoms with Crippen LogP contribution in [0.3, 0.4) is 0 Å². The van der Waals surface area contributed by atoms with Gasteiger partial charge in [-0.25, -0.2) is 0 Å². The molecule has 11 heavy (non-hydrogen) atoms. The van der Waals surface area contributed by atoms with Gasteiger partial charge in [0.05, 0.1) is 5.82 Å². The van der Waals surface area contributed by atoms with Gasteiger partial charge in [0.2, 0.25) is 0 Å². The number of rotatable bonds is 4. The Morgan fingerprint density at radius 3 is 2.36 bits per heavy atom. The van der Waals surface area contributed by atoms with E-state index in [-0.39, 0.29) is 0 Å². The van der Waals surface area contributed by atoms with Crippen LogP contribution in [0.2, 0.25) is 0 Å². The third-order valence-corrected chi connectivity index (χ3v) is 1.58. The first-order valence-electron chi connectivity index (χ1n) is 4.17. The second kappa shape index (κ2) is 5.05. The maximum absolute atomic E-state index is 3.14. The molecular formula is C9H20N2. The lowest BCUT2D eigenvalue weighted by Gasteiger charge is -2.23. The molecule has 0 aromatic rings. The molecule has 0 aliphatic rings. The molecule has 0 aromatic heterocycles. The number of hydrogen-bond acceptors (Lipinski definition) is 2. The fourth-order valence-corrected chi connectivity index (χ4v) is 1.20. The van der Waals surface area contributed by atoms with E-state index < -0.39 is 0 Å². The number of hydrogen-bond donors (Lipinski definition) is 1. The molecule has 0 heterocycles. The summed E-state index contributed by atoms with van der Waals surface area (Å²) in [5.41, 5.74) is 0. The first-order valence-corrected chi connectivity index (χ1v) is 4.17. The van der Waals surface area contributed by atoms with Crippen molar-refractivity contribution >= 4 is 0 Å². The second-order valence-corrected chi connectivity index (χ2v) is 3.20. The molecule has 2 heteroatoms. The second-order valence-electron chi connectivity index (χ2n) is 3.20. The van der Waals surface area contributed by atoms with Crippen molar-refractivity contribution in [3.8, 4) is 0 Å². The molecule has 0 spiro atoms. The van der Waals surface area contributed by atoms with Gasteiger partial charge in [-0.05, 0) is 18.9 Å². The molecule has 0 bridgehead atoms. The van der Waals surface area contributed by atoms with E-state index in [4.69, 9.17) is 0 Å². The summed E-state index contributed by atoms with van der Waals surface area (Å²) in [6.07, 6.45) is 2.09. The summed E-state index contributed by atoms with van der Waals surface area (Å²) < 4.78 is 0. The van der Waals surface area contributed by atoms with Gasteiger partial charge in [0.25, 0.3) is 0 Å². The lowest BCUT2D eigenvalue weighted by molar-refractivity contribution is 0.343. The Morgan fingerprint density at radius 2 is 2.09 bits per heavy atom. The van der Waals surface area contributed by atoms with Crippen molar-refractivity contribution in [1.29, 1.82) is 0 Å². The van der Waals surface area contributed by atoms with E-state index in [2.05, 4.69) is 37.2 Å². The van der Waals surface area contributed by atoms with Crippen LogP contribution in [-0.4, -0.2) is 25.5 Å². The Kier molecular flexibility index (Phi) is 4.75. The molecule has 66 valence electrons. The van der Waals surface area contributed by atoms with Gasteiger partial charge in [0.1, 0.15) is 0 Å². The lowest BCUT2D eigenvalue weighted by atomic mass is 10.2. The fraction of sp³-hybridized carbons (Fsp3) is 0.778. The molecular weight excluding hydrogens is 136 g/mol. The normalized spacial score (nSPS) is 12.0. The zero-order chi connectivity index (χ0) is 8.85.